The van der Waals surface area contributed by atoms with Gasteiger partial charge in [0.05, 0.1) is 6.54 Å². The van der Waals surface area contributed by atoms with E-state index in [-0.39, 0.29) is 11.9 Å². The fraction of sp³-hybridized carbons (Fsp3) is 0.583. The van der Waals surface area contributed by atoms with Crippen LogP contribution in [0.3, 0.4) is 0 Å². The predicted octanol–water partition coefficient (Wildman–Crippen LogP) is 1.12. The van der Waals surface area contributed by atoms with Crippen molar-refractivity contribution in [2.75, 3.05) is 6.54 Å². The van der Waals surface area contributed by atoms with Gasteiger partial charge in [-0.3, -0.25) is 4.79 Å². The summed E-state index contributed by atoms with van der Waals surface area (Å²) in [5.41, 5.74) is 1.21. The summed E-state index contributed by atoms with van der Waals surface area (Å²) in [4.78, 5) is 11.3. The van der Waals surface area contributed by atoms with Crippen LogP contribution in [0.4, 0.5) is 0 Å². The van der Waals surface area contributed by atoms with Crippen molar-refractivity contribution in [2.45, 2.75) is 39.9 Å². The van der Waals surface area contributed by atoms with Crippen LogP contribution in [-0.2, 0) is 17.9 Å². The summed E-state index contributed by atoms with van der Waals surface area (Å²) in [5.74, 6) is 0.0462. The van der Waals surface area contributed by atoms with E-state index in [9.17, 15) is 4.79 Å². The third-order valence-corrected chi connectivity index (χ3v) is 2.24. The number of hydrogen-bond donors (Lipinski definition) is 2. The molecule has 0 aliphatic heterocycles. The first kappa shape index (κ1) is 12.8. The van der Waals surface area contributed by atoms with E-state index in [1.165, 1.54) is 5.56 Å². The van der Waals surface area contributed by atoms with E-state index in [4.69, 9.17) is 0 Å². The van der Waals surface area contributed by atoms with Gasteiger partial charge < -0.3 is 15.2 Å². The zero-order chi connectivity index (χ0) is 12.0. The molecule has 90 valence electrons. The number of nitrogens with one attached hydrogen (secondary N) is 2. The maximum absolute atomic E-state index is 11.3. The van der Waals surface area contributed by atoms with Crippen molar-refractivity contribution < 1.29 is 4.79 Å². The smallest absolute Gasteiger partial charge is 0.234 e. The number of rotatable bonds is 6. The second kappa shape index (κ2) is 6.33. The van der Waals surface area contributed by atoms with E-state index in [0.29, 0.717) is 6.54 Å². The van der Waals surface area contributed by atoms with Gasteiger partial charge in [-0.2, -0.15) is 0 Å². The van der Waals surface area contributed by atoms with Crippen molar-refractivity contribution in [2.24, 2.45) is 0 Å². The summed E-state index contributed by atoms with van der Waals surface area (Å²) in [6.07, 6.45) is 4.14. The van der Waals surface area contributed by atoms with Crippen molar-refractivity contribution in [3.63, 3.8) is 0 Å². The Morgan fingerprint density at radius 3 is 2.81 bits per heavy atom. The standard InChI is InChI=1S/C12H21N3O/c1-4-15-6-5-11(9-15)7-13-8-12(16)14-10(2)3/h5-6,9-10,13H,4,7-8H2,1-3H3,(H,14,16). The lowest BCUT2D eigenvalue weighted by Crippen LogP contribution is -2.37. The molecule has 1 heterocycles. The Bertz CT molecular complexity index is 331. The largest absolute Gasteiger partial charge is 0.354 e. The van der Waals surface area contributed by atoms with E-state index >= 15 is 0 Å². The number of aromatic nitrogens is 1. The summed E-state index contributed by atoms with van der Waals surface area (Å²) in [6, 6.07) is 2.27. The Kier molecular flexibility index (Phi) is 5.05. The van der Waals surface area contributed by atoms with Crippen molar-refractivity contribution in [1.82, 2.24) is 15.2 Å². The molecule has 1 aromatic heterocycles. The minimum atomic E-state index is 0.0462. The van der Waals surface area contributed by atoms with Gasteiger partial charge in [-0.15, -0.1) is 0 Å². The highest BCUT2D eigenvalue weighted by Gasteiger charge is 2.02. The lowest BCUT2D eigenvalue weighted by molar-refractivity contribution is -0.120. The molecule has 0 fully saturated rings. The van der Waals surface area contributed by atoms with Crippen LogP contribution in [0.1, 0.15) is 26.3 Å². The highest BCUT2D eigenvalue weighted by molar-refractivity contribution is 5.78. The summed E-state index contributed by atoms with van der Waals surface area (Å²) < 4.78 is 2.12. The molecule has 0 aromatic carbocycles. The fourth-order valence-electron chi connectivity index (χ4n) is 1.49. The molecular formula is C12H21N3O. The van der Waals surface area contributed by atoms with Crippen molar-refractivity contribution in [1.29, 1.82) is 0 Å². The first-order valence-electron chi connectivity index (χ1n) is 5.76. The van der Waals surface area contributed by atoms with E-state index in [1.54, 1.807) is 0 Å². The number of nitrogens with zero attached hydrogens (tertiary/aromatic N) is 1. The van der Waals surface area contributed by atoms with Crippen LogP contribution in [0.25, 0.3) is 0 Å². The van der Waals surface area contributed by atoms with Gasteiger partial charge in [0.1, 0.15) is 0 Å². The lowest BCUT2D eigenvalue weighted by Gasteiger charge is -2.08. The van der Waals surface area contributed by atoms with Gasteiger partial charge in [0.15, 0.2) is 0 Å². The zero-order valence-electron chi connectivity index (χ0n) is 10.3. The third kappa shape index (κ3) is 4.49. The molecule has 0 spiro atoms. The highest BCUT2D eigenvalue weighted by Crippen LogP contribution is 2.00. The molecule has 0 bridgehead atoms. The monoisotopic (exact) mass is 223 g/mol. The molecule has 1 rings (SSSR count). The Morgan fingerprint density at radius 1 is 1.50 bits per heavy atom. The summed E-state index contributed by atoms with van der Waals surface area (Å²) >= 11 is 0. The molecule has 4 nitrogen and oxygen atoms in total. The normalized spacial score (nSPS) is 10.8. The minimum absolute atomic E-state index is 0.0462. The van der Waals surface area contributed by atoms with Gasteiger partial charge in [-0.1, -0.05) is 0 Å². The molecule has 0 atom stereocenters. The first-order valence-corrected chi connectivity index (χ1v) is 5.76. The van der Waals surface area contributed by atoms with Crippen LogP contribution < -0.4 is 10.6 Å². The van der Waals surface area contributed by atoms with Gasteiger partial charge in [0, 0.05) is 31.5 Å². The van der Waals surface area contributed by atoms with Gasteiger partial charge in [0.2, 0.25) is 5.91 Å². The summed E-state index contributed by atoms with van der Waals surface area (Å²) in [5, 5.41) is 5.96. The molecule has 0 aliphatic rings. The fourth-order valence-corrected chi connectivity index (χ4v) is 1.49. The third-order valence-electron chi connectivity index (χ3n) is 2.24. The van der Waals surface area contributed by atoms with Crippen LogP contribution in [-0.4, -0.2) is 23.1 Å². The maximum atomic E-state index is 11.3. The molecule has 0 saturated carbocycles. The Balaban J connectivity index is 2.22. The van der Waals surface area contributed by atoms with Gasteiger partial charge >= 0.3 is 0 Å². The van der Waals surface area contributed by atoms with E-state index in [1.807, 2.05) is 20.0 Å². The quantitative estimate of drug-likeness (QED) is 0.759. The van der Waals surface area contributed by atoms with Gasteiger partial charge in [-0.25, -0.2) is 0 Å². The Labute approximate surface area is 97.0 Å². The van der Waals surface area contributed by atoms with Crippen LogP contribution in [0.5, 0.6) is 0 Å². The molecule has 16 heavy (non-hydrogen) atoms. The van der Waals surface area contributed by atoms with E-state index in [2.05, 4.69) is 34.4 Å². The van der Waals surface area contributed by atoms with E-state index < -0.39 is 0 Å². The minimum Gasteiger partial charge on any atom is -0.354 e. The van der Waals surface area contributed by atoms with Crippen molar-refractivity contribution >= 4 is 5.91 Å². The number of carbonyl (C=O) groups excluding carboxylic acids is 1. The molecule has 0 saturated heterocycles. The molecule has 0 aliphatic carbocycles. The topological polar surface area (TPSA) is 46.1 Å². The Morgan fingerprint density at radius 2 is 2.25 bits per heavy atom. The maximum Gasteiger partial charge on any atom is 0.234 e. The molecule has 0 unspecified atom stereocenters. The number of amides is 1. The second-order valence-electron chi connectivity index (χ2n) is 4.18. The van der Waals surface area contributed by atoms with Crippen LogP contribution in [0.15, 0.2) is 18.5 Å². The lowest BCUT2D eigenvalue weighted by atomic mass is 10.3. The molecule has 4 heteroatoms. The number of aryl methyl sites for hydroxylation is 1. The average Bonchev–Trinajstić information content (AvgIpc) is 2.64. The molecule has 1 aromatic rings. The highest BCUT2D eigenvalue weighted by atomic mass is 16.1. The van der Waals surface area contributed by atoms with Crippen LogP contribution in [0, 0.1) is 0 Å². The SMILES string of the molecule is CCn1ccc(CNCC(=O)NC(C)C)c1. The van der Waals surface area contributed by atoms with Gasteiger partial charge in [-0.05, 0) is 32.4 Å². The molecular weight excluding hydrogens is 202 g/mol. The van der Waals surface area contributed by atoms with Crippen LogP contribution >= 0.6 is 0 Å². The second-order valence-corrected chi connectivity index (χ2v) is 4.18. The first-order chi connectivity index (χ1) is 7.61. The summed E-state index contributed by atoms with van der Waals surface area (Å²) in [7, 11) is 0. The number of carbonyl (C=O) groups is 1. The average molecular weight is 223 g/mol. The Hall–Kier alpha value is -1.29. The number of hydrogen-bond acceptors (Lipinski definition) is 2. The summed E-state index contributed by atoms with van der Waals surface area (Å²) in [6.45, 7) is 8.10. The van der Waals surface area contributed by atoms with Crippen molar-refractivity contribution in [3.8, 4) is 0 Å². The van der Waals surface area contributed by atoms with E-state index in [0.717, 1.165) is 13.1 Å². The van der Waals surface area contributed by atoms with Crippen LogP contribution in [0.2, 0.25) is 0 Å². The van der Waals surface area contributed by atoms with Crippen molar-refractivity contribution in [3.05, 3.63) is 24.0 Å². The zero-order valence-corrected chi connectivity index (χ0v) is 10.3. The molecule has 1 amide bonds. The molecule has 0 radical (unpaired) electrons. The van der Waals surface area contributed by atoms with Gasteiger partial charge in [0.25, 0.3) is 0 Å². The predicted molar refractivity (Wildman–Crippen MR) is 65.1 cm³/mol. The molecule has 2 N–H and O–H groups in total.